The lowest BCUT2D eigenvalue weighted by atomic mass is 9.97. The zero-order valence-electron chi connectivity index (χ0n) is 17.6. The van der Waals surface area contributed by atoms with Crippen LogP contribution >= 0.6 is 0 Å². The Morgan fingerprint density at radius 1 is 1.13 bits per heavy atom. The van der Waals surface area contributed by atoms with Crippen LogP contribution in [-0.2, 0) is 21.1 Å². The average Bonchev–Trinajstić information content (AvgIpc) is 3.54. The Kier molecular flexibility index (Phi) is 6.85. The van der Waals surface area contributed by atoms with Gasteiger partial charge in [0.25, 0.3) is 5.91 Å². The summed E-state index contributed by atoms with van der Waals surface area (Å²) in [6, 6.07) is 15.7. The van der Waals surface area contributed by atoms with Gasteiger partial charge in [-0.05, 0) is 60.9 Å². The summed E-state index contributed by atoms with van der Waals surface area (Å²) >= 11 is 0. The van der Waals surface area contributed by atoms with E-state index in [1.165, 1.54) is 12.4 Å². The highest BCUT2D eigenvalue weighted by Crippen LogP contribution is 2.37. The van der Waals surface area contributed by atoms with Crippen LogP contribution in [0.4, 0.5) is 0 Å². The molecular weight excluding hydrogens is 414 g/mol. The zero-order valence-corrected chi connectivity index (χ0v) is 18.4. The maximum atomic E-state index is 12.1. The van der Waals surface area contributed by atoms with E-state index in [9.17, 15) is 13.2 Å². The smallest absolute Gasteiger partial charge is 0.264 e. The Morgan fingerprint density at radius 2 is 1.71 bits per heavy atom. The number of rotatable bonds is 7. The summed E-state index contributed by atoms with van der Waals surface area (Å²) in [6.45, 7) is 1.52. The first-order valence-electron chi connectivity index (χ1n) is 10.1. The summed E-state index contributed by atoms with van der Waals surface area (Å²) in [7, 11) is -3.71. The molecule has 7 heteroatoms. The molecule has 1 aliphatic rings. The predicted octanol–water partition coefficient (Wildman–Crippen LogP) is 2.57. The van der Waals surface area contributed by atoms with Crippen molar-refractivity contribution in [3.05, 3.63) is 59.7 Å². The first-order chi connectivity index (χ1) is 14.7. The maximum absolute atomic E-state index is 12.1. The molecule has 0 aliphatic heterocycles. The van der Waals surface area contributed by atoms with Gasteiger partial charge in [0, 0.05) is 24.3 Å². The maximum Gasteiger partial charge on any atom is 0.264 e. The van der Waals surface area contributed by atoms with Crippen LogP contribution < -0.4 is 5.48 Å². The normalized spacial score (nSPS) is 19.6. The van der Waals surface area contributed by atoms with E-state index in [2.05, 4.69) is 11.8 Å². The monoisotopic (exact) mass is 441 g/mol. The molecule has 1 saturated carbocycles. The molecule has 6 nitrogen and oxygen atoms in total. The van der Waals surface area contributed by atoms with E-state index in [-0.39, 0.29) is 13.0 Å². The molecule has 2 unspecified atom stereocenters. The van der Waals surface area contributed by atoms with Crippen molar-refractivity contribution in [1.29, 1.82) is 0 Å². The minimum absolute atomic E-state index is 0.0586. The summed E-state index contributed by atoms with van der Waals surface area (Å²) in [4.78, 5) is 11.9. The quantitative estimate of drug-likeness (QED) is 0.348. The Balaban J connectivity index is 1.65. The molecule has 2 aromatic carbocycles. The number of aryl methyl sites for hydroxylation is 1. The number of amides is 1. The third-order valence-corrected chi connectivity index (χ3v) is 8.05. The van der Waals surface area contributed by atoms with Crippen molar-refractivity contribution >= 4 is 15.7 Å². The lowest BCUT2D eigenvalue weighted by Gasteiger charge is -2.25. The highest BCUT2D eigenvalue weighted by atomic mass is 32.2. The number of benzene rings is 2. The molecule has 1 aliphatic carbocycles. The summed E-state index contributed by atoms with van der Waals surface area (Å²) in [5.41, 5.74) is 5.36. The van der Waals surface area contributed by atoms with Crippen LogP contribution in [0.5, 0.6) is 0 Å². The van der Waals surface area contributed by atoms with E-state index < -0.39 is 20.5 Å². The van der Waals surface area contributed by atoms with Gasteiger partial charge in [-0.15, -0.1) is 0 Å². The minimum Gasteiger partial charge on any atom is -0.396 e. The van der Waals surface area contributed by atoms with E-state index in [1.807, 2.05) is 48.5 Å². The highest BCUT2D eigenvalue weighted by Gasteiger charge is 2.43. The molecule has 0 radical (unpaired) electrons. The summed E-state index contributed by atoms with van der Waals surface area (Å²) in [5.74, 6) is 6.06. The van der Waals surface area contributed by atoms with E-state index in [1.54, 1.807) is 0 Å². The van der Waals surface area contributed by atoms with E-state index in [0.29, 0.717) is 18.3 Å². The molecule has 164 valence electrons. The molecule has 3 rings (SSSR count). The van der Waals surface area contributed by atoms with Crippen molar-refractivity contribution in [2.75, 3.05) is 12.9 Å². The van der Waals surface area contributed by atoms with Crippen LogP contribution in [-0.4, -0.2) is 42.2 Å². The second-order valence-corrected chi connectivity index (χ2v) is 10.7. The van der Waals surface area contributed by atoms with Gasteiger partial charge in [-0.2, -0.15) is 0 Å². The molecule has 0 aromatic heterocycles. The molecule has 0 saturated heterocycles. The Labute approximate surface area is 183 Å². The largest absolute Gasteiger partial charge is 0.396 e. The third-order valence-electron chi connectivity index (χ3n) is 6.02. The number of aliphatic hydroxyl groups excluding tert-OH is 1. The van der Waals surface area contributed by atoms with Gasteiger partial charge in [0.2, 0.25) is 0 Å². The number of carbonyl (C=O) groups is 1. The second kappa shape index (κ2) is 9.23. The lowest BCUT2D eigenvalue weighted by Crippen LogP contribution is -2.49. The number of nitrogens with one attached hydrogen (secondary N) is 1. The van der Waals surface area contributed by atoms with E-state index in [4.69, 9.17) is 10.3 Å². The Hall–Kier alpha value is -2.66. The molecule has 3 atom stereocenters. The molecule has 1 fully saturated rings. The number of aliphatic hydroxyl groups is 1. The number of sulfone groups is 1. The summed E-state index contributed by atoms with van der Waals surface area (Å²) in [5, 5.41) is 18.0. The van der Waals surface area contributed by atoms with Gasteiger partial charge in [0.05, 0.1) is 0 Å². The molecular formula is C24H27NO5S. The first-order valence-corrected chi connectivity index (χ1v) is 12.0. The minimum atomic E-state index is -3.71. The second-order valence-electron chi connectivity index (χ2n) is 8.27. The van der Waals surface area contributed by atoms with Crippen molar-refractivity contribution in [3.8, 4) is 23.0 Å². The zero-order chi connectivity index (χ0) is 22.6. The van der Waals surface area contributed by atoms with Crippen molar-refractivity contribution in [2.45, 2.75) is 30.9 Å². The van der Waals surface area contributed by atoms with E-state index >= 15 is 0 Å². The van der Waals surface area contributed by atoms with Gasteiger partial charge in [0.1, 0.15) is 4.75 Å². The van der Waals surface area contributed by atoms with Crippen molar-refractivity contribution < 1.29 is 23.5 Å². The van der Waals surface area contributed by atoms with Crippen LogP contribution in [0.15, 0.2) is 48.5 Å². The number of hydroxylamine groups is 1. The molecule has 2 aromatic rings. The molecule has 3 N–H and O–H groups in total. The number of hydrogen-bond donors (Lipinski definition) is 3. The van der Waals surface area contributed by atoms with Gasteiger partial charge < -0.3 is 5.11 Å². The molecule has 1 amide bonds. The van der Waals surface area contributed by atoms with Crippen LogP contribution in [0, 0.1) is 23.7 Å². The standard InChI is InChI=1S/C24H27NO5S/c1-24(23(27)25-28,31(2,29)30)14-13-18-5-10-20(11-6-18)19-8-3-17(4-9-19)7-12-21-15-22(21)16-26/h3-6,8-11,21-22,26,28H,13-16H2,1-2H3,(H,25,27)/t21-,22?,24?/m0/s1. The van der Waals surface area contributed by atoms with Crippen molar-refractivity contribution in [1.82, 2.24) is 5.48 Å². The molecule has 31 heavy (non-hydrogen) atoms. The number of hydrogen-bond acceptors (Lipinski definition) is 5. The fourth-order valence-electron chi connectivity index (χ4n) is 3.38. The third kappa shape index (κ3) is 5.34. The van der Waals surface area contributed by atoms with Gasteiger partial charge in [0.15, 0.2) is 9.84 Å². The van der Waals surface area contributed by atoms with Gasteiger partial charge >= 0.3 is 0 Å². The first kappa shape index (κ1) is 23.0. The van der Waals surface area contributed by atoms with Crippen LogP contribution in [0.1, 0.15) is 30.9 Å². The molecule has 0 spiro atoms. The van der Waals surface area contributed by atoms with Crippen molar-refractivity contribution in [2.24, 2.45) is 11.8 Å². The predicted molar refractivity (Wildman–Crippen MR) is 119 cm³/mol. The van der Waals surface area contributed by atoms with Gasteiger partial charge in [-0.1, -0.05) is 48.2 Å². The average molecular weight is 442 g/mol. The number of carbonyl (C=O) groups excluding carboxylic acids is 1. The van der Waals surface area contributed by atoms with Crippen LogP contribution in [0.2, 0.25) is 0 Å². The fraction of sp³-hybridized carbons (Fsp3) is 0.375. The fourth-order valence-corrected chi connectivity index (χ4v) is 4.24. The summed E-state index contributed by atoms with van der Waals surface area (Å²) in [6.07, 6.45) is 2.40. The Bertz CT molecular complexity index is 1100. The van der Waals surface area contributed by atoms with E-state index in [0.717, 1.165) is 34.9 Å². The molecule has 0 heterocycles. The van der Waals surface area contributed by atoms with Crippen LogP contribution in [0.25, 0.3) is 11.1 Å². The van der Waals surface area contributed by atoms with Crippen LogP contribution in [0.3, 0.4) is 0 Å². The lowest BCUT2D eigenvalue weighted by molar-refractivity contribution is -0.131. The Morgan fingerprint density at radius 3 is 2.19 bits per heavy atom. The van der Waals surface area contributed by atoms with Gasteiger partial charge in [-0.3, -0.25) is 10.0 Å². The van der Waals surface area contributed by atoms with Crippen molar-refractivity contribution in [3.63, 3.8) is 0 Å². The highest BCUT2D eigenvalue weighted by molar-refractivity contribution is 7.92. The molecule has 0 bridgehead atoms. The summed E-state index contributed by atoms with van der Waals surface area (Å²) < 4.78 is 22.4. The van der Waals surface area contributed by atoms with Gasteiger partial charge in [-0.25, -0.2) is 13.9 Å². The topological polar surface area (TPSA) is 104 Å². The SMILES string of the molecule is CC(CCc1ccc(-c2ccc(C#C[C@H]3CC3CO)cc2)cc1)(C(=O)NO)S(C)(=O)=O.